The van der Waals surface area contributed by atoms with Gasteiger partial charge in [0, 0.05) is 10.0 Å². The molecule has 0 bridgehead atoms. The van der Waals surface area contributed by atoms with Crippen molar-refractivity contribution in [1.29, 1.82) is 10.5 Å². The maximum Gasteiger partial charge on any atom is 0.141 e. The van der Waals surface area contributed by atoms with Crippen LogP contribution in [0.4, 0.5) is 4.39 Å². The molecule has 0 fully saturated rings. The van der Waals surface area contributed by atoms with E-state index in [0.29, 0.717) is 21.2 Å². The molecule has 0 saturated carbocycles. The van der Waals surface area contributed by atoms with Crippen LogP contribution in [0.15, 0.2) is 36.4 Å². The second-order valence-electron chi connectivity index (χ2n) is 4.04. The van der Waals surface area contributed by atoms with Crippen LogP contribution in [0.2, 0.25) is 10.0 Å². The van der Waals surface area contributed by atoms with Gasteiger partial charge < -0.3 is 0 Å². The topological polar surface area (TPSA) is 47.6 Å². The molecule has 0 aliphatic rings. The molecule has 0 spiro atoms. The Labute approximate surface area is 125 Å². The van der Waals surface area contributed by atoms with Crippen molar-refractivity contribution in [3.05, 3.63) is 69.0 Å². The third-order valence-electron chi connectivity index (χ3n) is 2.87. The van der Waals surface area contributed by atoms with Crippen LogP contribution >= 0.6 is 23.2 Å². The van der Waals surface area contributed by atoms with Crippen LogP contribution in [-0.4, -0.2) is 0 Å². The van der Waals surface area contributed by atoms with Crippen LogP contribution in [0.5, 0.6) is 0 Å². The summed E-state index contributed by atoms with van der Waals surface area (Å²) in [7, 11) is 0. The number of nitrogens with zero attached hydrogens (tertiary/aromatic N) is 2. The summed E-state index contributed by atoms with van der Waals surface area (Å²) in [5.74, 6) is -1.49. The molecule has 0 amide bonds. The van der Waals surface area contributed by atoms with E-state index in [9.17, 15) is 9.65 Å². The predicted octanol–water partition coefficient (Wildman–Crippen LogP) is 4.66. The minimum Gasteiger partial charge on any atom is -0.206 e. The van der Waals surface area contributed by atoms with Crippen molar-refractivity contribution in [3.8, 4) is 12.1 Å². The quantitative estimate of drug-likeness (QED) is 0.810. The van der Waals surface area contributed by atoms with Gasteiger partial charge in [0.05, 0.1) is 17.6 Å². The maximum atomic E-state index is 13.6. The first-order chi connectivity index (χ1) is 9.58. The molecular weight excluding hydrogens is 298 g/mol. The number of nitriles is 2. The number of hydrogen-bond donors (Lipinski definition) is 0. The molecule has 20 heavy (non-hydrogen) atoms. The molecule has 0 unspecified atom stereocenters. The average molecular weight is 305 g/mol. The SMILES string of the molecule is N#Cc1c(F)cccc1[C@@H](C#N)c1ccc(Cl)cc1Cl. The molecule has 2 rings (SSSR count). The summed E-state index contributed by atoms with van der Waals surface area (Å²) in [4.78, 5) is 0. The fourth-order valence-electron chi connectivity index (χ4n) is 1.94. The van der Waals surface area contributed by atoms with Gasteiger partial charge in [-0.1, -0.05) is 41.4 Å². The lowest BCUT2D eigenvalue weighted by Gasteiger charge is -2.13. The molecule has 0 aliphatic carbocycles. The molecule has 0 aromatic heterocycles. The van der Waals surface area contributed by atoms with Crippen molar-refractivity contribution in [1.82, 2.24) is 0 Å². The summed E-state index contributed by atoms with van der Waals surface area (Å²) in [6.45, 7) is 0. The van der Waals surface area contributed by atoms with Gasteiger partial charge in [0.2, 0.25) is 0 Å². The van der Waals surface area contributed by atoms with Gasteiger partial charge in [-0.05, 0) is 29.3 Å². The molecule has 1 atom stereocenters. The fraction of sp³-hybridized carbons (Fsp3) is 0.0667. The summed E-state index contributed by atoms with van der Waals surface area (Å²) in [6, 6.07) is 12.7. The zero-order valence-electron chi connectivity index (χ0n) is 10.1. The Morgan fingerprint density at radius 3 is 2.40 bits per heavy atom. The van der Waals surface area contributed by atoms with Gasteiger partial charge in [-0.3, -0.25) is 0 Å². The highest BCUT2D eigenvalue weighted by Crippen LogP contribution is 2.33. The lowest BCUT2D eigenvalue weighted by Crippen LogP contribution is -2.03. The highest BCUT2D eigenvalue weighted by molar-refractivity contribution is 6.35. The molecular formula is C15H7Cl2FN2. The Bertz CT molecular complexity index is 745. The van der Waals surface area contributed by atoms with Gasteiger partial charge in [-0.2, -0.15) is 10.5 Å². The van der Waals surface area contributed by atoms with E-state index in [1.54, 1.807) is 24.3 Å². The number of hydrogen-bond acceptors (Lipinski definition) is 2. The summed E-state index contributed by atoms with van der Waals surface area (Å²) in [5.41, 5.74) is 0.630. The average Bonchev–Trinajstić information content (AvgIpc) is 2.42. The Hall–Kier alpha value is -2.07. The van der Waals surface area contributed by atoms with Gasteiger partial charge in [-0.15, -0.1) is 0 Å². The van der Waals surface area contributed by atoms with E-state index in [4.69, 9.17) is 28.5 Å². The number of halogens is 3. The van der Waals surface area contributed by atoms with Gasteiger partial charge in [0.25, 0.3) is 0 Å². The van der Waals surface area contributed by atoms with Gasteiger partial charge >= 0.3 is 0 Å². The van der Waals surface area contributed by atoms with Gasteiger partial charge in [0.1, 0.15) is 11.9 Å². The first kappa shape index (κ1) is 14.3. The first-order valence-corrected chi connectivity index (χ1v) is 6.37. The third-order valence-corrected chi connectivity index (χ3v) is 3.43. The van der Waals surface area contributed by atoms with Crippen molar-refractivity contribution >= 4 is 23.2 Å². The van der Waals surface area contributed by atoms with E-state index in [1.807, 2.05) is 0 Å². The number of rotatable bonds is 2. The largest absolute Gasteiger partial charge is 0.206 e. The summed E-state index contributed by atoms with van der Waals surface area (Å²) in [6.07, 6.45) is 0. The standard InChI is InChI=1S/C15H7Cl2FN2/c16-9-4-5-11(14(17)6-9)12(7-19)10-2-1-3-15(18)13(10)8-20/h1-6,12H/t12-/m1/s1. The molecule has 0 radical (unpaired) electrons. The van der Waals surface area contributed by atoms with Crippen LogP contribution in [0.1, 0.15) is 22.6 Å². The second-order valence-corrected chi connectivity index (χ2v) is 4.89. The van der Waals surface area contributed by atoms with Crippen LogP contribution in [-0.2, 0) is 0 Å². The fourth-order valence-corrected chi connectivity index (χ4v) is 2.46. The molecule has 0 N–H and O–H groups in total. The zero-order valence-corrected chi connectivity index (χ0v) is 11.6. The summed E-state index contributed by atoms with van der Waals surface area (Å²) >= 11 is 11.9. The Balaban J connectivity index is 2.63. The molecule has 0 aliphatic heterocycles. The lowest BCUT2D eigenvalue weighted by atomic mass is 9.89. The molecule has 0 heterocycles. The summed E-state index contributed by atoms with van der Waals surface area (Å²) in [5, 5.41) is 19.2. The van der Waals surface area contributed by atoms with Gasteiger partial charge in [0.15, 0.2) is 0 Å². The Morgan fingerprint density at radius 2 is 1.80 bits per heavy atom. The minimum atomic E-state index is -0.829. The van der Waals surface area contributed by atoms with Crippen molar-refractivity contribution in [2.24, 2.45) is 0 Å². The van der Waals surface area contributed by atoms with Crippen LogP contribution in [0.3, 0.4) is 0 Å². The summed E-state index contributed by atoms with van der Waals surface area (Å²) < 4.78 is 13.6. The molecule has 2 aromatic carbocycles. The molecule has 0 saturated heterocycles. The maximum absolute atomic E-state index is 13.6. The van der Waals surface area contributed by atoms with E-state index in [0.717, 1.165) is 0 Å². The van der Waals surface area contributed by atoms with Crippen molar-refractivity contribution in [3.63, 3.8) is 0 Å². The second kappa shape index (κ2) is 5.92. The number of benzene rings is 2. The van der Waals surface area contributed by atoms with Crippen molar-refractivity contribution in [2.45, 2.75) is 5.92 Å². The van der Waals surface area contributed by atoms with Crippen molar-refractivity contribution < 1.29 is 4.39 Å². The van der Waals surface area contributed by atoms with E-state index < -0.39 is 11.7 Å². The molecule has 98 valence electrons. The lowest BCUT2D eigenvalue weighted by molar-refractivity contribution is 0.621. The molecule has 2 aromatic rings. The minimum absolute atomic E-state index is 0.148. The van der Waals surface area contributed by atoms with Crippen LogP contribution in [0.25, 0.3) is 0 Å². The molecule has 5 heteroatoms. The van der Waals surface area contributed by atoms with E-state index in [1.165, 1.54) is 18.2 Å². The Morgan fingerprint density at radius 1 is 1.05 bits per heavy atom. The highest BCUT2D eigenvalue weighted by Gasteiger charge is 2.21. The van der Waals surface area contributed by atoms with Crippen molar-refractivity contribution in [2.75, 3.05) is 0 Å². The normalized spacial score (nSPS) is 11.4. The third kappa shape index (κ3) is 2.60. The smallest absolute Gasteiger partial charge is 0.141 e. The molecule has 2 nitrogen and oxygen atoms in total. The van der Waals surface area contributed by atoms with E-state index >= 15 is 0 Å². The predicted molar refractivity (Wildman–Crippen MR) is 75.0 cm³/mol. The first-order valence-electron chi connectivity index (χ1n) is 5.61. The Kier molecular flexibility index (Phi) is 4.25. The van der Waals surface area contributed by atoms with E-state index in [2.05, 4.69) is 6.07 Å². The van der Waals surface area contributed by atoms with Crippen LogP contribution < -0.4 is 0 Å². The van der Waals surface area contributed by atoms with Gasteiger partial charge in [-0.25, -0.2) is 4.39 Å². The highest BCUT2D eigenvalue weighted by atomic mass is 35.5. The van der Waals surface area contributed by atoms with E-state index in [-0.39, 0.29) is 5.56 Å². The van der Waals surface area contributed by atoms with Crippen LogP contribution in [0, 0.1) is 28.5 Å². The zero-order chi connectivity index (χ0) is 14.7. The monoisotopic (exact) mass is 304 g/mol.